The highest BCUT2D eigenvalue weighted by Crippen LogP contribution is 2.40. The highest BCUT2D eigenvalue weighted by molar-refractivity contribution is 7.99. The molecule has 29 heavy (non-hydrogen) atoms. The molecule has 1 amide bonds. The van der Waals surface area contributed by atoms with Crippen molar-refractivity contribution in [2.75, 3.05) is 17.3 Å². The van der Waals surface area contributed by atoms with Gasteiger partial charge in [0.1, 0.15) is 5.82 Å². The van der Waals surface area contributed by atoms with Gasteiger partial charge in [-0.05, 0) is 31.7 Å². The monoisotopic (exact) mass is 434 g/mol. The zero-order valence-corrected chi connectivity index (χ0v) is 18.2. The van der Waals surface area contributed by atoms with Crippen molar-refractivity contribution in [3.8, 4) is 0 Å². The molecule has 1 aromatic carbocycles. The van der Waals surface area contributed by atoms with Gasteiger partial charge in [0.2, 0.25) is 5.91 Å². The molecule has 0 bridgehead atoms. The lowest BCUT2D eigenvalue weighted by atomic mass is 10.1. The Morgan fingerprint density at radius 1 is 1.21 bits per heavy atom. The zero-order chi connectivity index (χ0) is 20.4. The van der Waals surface area contributed by atoms with Crippen molar-refractivity contribution in [3.63, 3.8) is 0 Å². The molecule has 7 nitrogen and oxygen atoms in total. The Balaban J connectivity index is 1.47. The first-order valence-electron chi connectivity index (χ1n) is 10.1. The zero-order valence-electron chi connectivity index (χ0n) is 16.5. The number of carbonyl (C=O) groups excluding carboxylic acids is 1. The molecule has 156 valence electrons. The van der Waals surface area contributed by atoms with Crippen LogP contribution < -0.4 is 0 Å². The van der Waals surface area contributed by atoms with Gasteiger partial charge in [0.05, 0.1) is 17.3 Å². The maximum atomic E-state index is 13.1. The van der Waals surface area contributed by atoms with Crippen molar-refractivity contribution in [2.45, 2.75) is 56.4 Å². The molecule has 2 fully saturated rings. The third kappa shape index (κ3) is 4.83. The third-order valence-electron chi connectivity index (χ3n) is 5.49. The normalized spacial score (nSPS) is 20.7. The van der Waals surface area contributed by atoms with Crippen LogP contribution in [0.5, 0.6) is 0 Å². The van der Waals surface area contributed by atoms with Crippen LogP contribution in [0.4, 0.5) is 0 Å². The fourth-order valence-corrected chi connectivity index (χ4v) is 6.41. The molecular formula is C20H26N4O3S2. The number of carbonyl (C=O) groups is 1. The second kappa shape index (κ2) is 8.47. The molecular weight excluding hydrogens is 408 g/mol. The van der Waals surface area contributed by atoms with Crippen LogP contribution in [0.2, 0.25) is 0 Å². The number of sulfone groups is 1. The van der Waals surface area contributed by atoms with Crippen LogP contribution in [0.25, 0.3) is 0 Å². The molecule has 2 aromatic rings. The summed E-state index contributed by atoms with van der Waals surface area (Å²) >= 11 is 1.39. The third-order valence-corrected chi connectivity index (χ3v) is 8.20. The van der Waals surface area contributed by atoms with Crippen LogP contribution in [0.15, 0.2) is 35.5 Å². The van der Waals surface area contributed by atoms with E-state index in [0.717, 1.165) is 35.9 Å². The lowest BCUT2D eigenvalue weighted by Gasteiger charge is -2.28. The summed E-state index contributed by atoms with van der Waals surface area (Å²) in [6.45, 7) is 3.27. The van der Waals surface area contributed by atoms with Crippen LogP contribution in [0, 0.1) is 0 Å². The quantitative estimate of drug-likeness (QED) is 0.594. The van der Waals surface area contributed by atoms with Crippen LogP contribution in [-0.2, 0) is 27.7 Å². The molecule has 0 unspecified atom stereocenters. The maximum Gasteiger partial charge on any atom is 0.233 e. The Morgan fingerprint density at radius 2 is 1.97 bits per heavy atom. The highest BCUT2D eigenvalue weighted by atomic mass is 32.2. The SMILES string of the molecule is CCn1c(SCC(=O)N(Cc2ccccc2)[C@H]2CCS(=O)(=O)C2)nnc1C1CC1. The topological polar surface area (TPSA) is 85.2 Å². The van der Waals surface area contributed by atoms with Crippen molar-refractivity contribution >= 4 is 27.5 Å². The van der Waals surface area contributed by atoms with Gasteiger partial charge < -0.3 is 9.47 Å². The minimum Gasteiger partial charge on any atom is -0.334 e. The lowest BCUT2D eigenvalue weighted by Crippen LogP contribution is -2.41. The van der Waals surface area contributed by atoms with E-state index in [0.29, 0.717) is 18.9 Å². The van der Waals surface area contributed by atoms with Crippen LogP contribution in [0.3, 0.4) is 0 Å². The Labute approximate surface area is 175 Å². The molecule has 1 aromatic heterocycles. The number of amides is 1. The molecule has 1 saturated carbocycles. The van der Waals surface area contributed by atoms with E-state index in [1.165, 1.54) is 11.8 Å². The summed E-state index contributed by atoms with van der Waals surface area (Å²) in [6.07, 6.45) is 2.81. The van der Waals surface area contributed by atoms with E-state index < -0.39 is 9.84 Å². The number of hydrogen-bond acceptors (Lipinski definition) is 6. The summed E-state index contributed by atoms with van der Waals surface area (Å²) in [5.74, 6) is 1.90. The Bertz CT molecular complexity index is 971. The summed E-state index contributed by atoms with van der Waals surface area (Å²) in [5, 5.41) is 9.38. The molecule has 1 aliphatic heterocycles. The molecule has 2 heterocycles. The van der Waals surface area contributed by atoms with E-state index in [4.69, 9.17) is 0 Å². The minimum absolute atomic E-state index is 0.0488. The summed E-state index contributed by atoms with van der Waals surface area (Å²) in [6, 6.07) is 9.46. The van der Waals surface area contributed by atoms with Crippen molar-refractivity contribution in [1.29, 1.82) is 0 Å². The molecule has 1 saturated heterocycles. The van der Waals surface area contributed by atoms with Gasteiger partial charge in [-0.3, -0.25) is 4.79 Å². The first kappa shape index (κ1) is 20.4. The molecule has 4 rings (SSSR count). The standard InChI is InChI=1S/C20H26N4O3S2/c1-2-23-19(16-8-9-16)21-22-20(23)28-13-18(25)24(12-15-6-4-3-5-7-15)17-10-11-29(26,27)14-17/h3-7,16-17H,2,8-14H2,1H3/t17-/m0/s1. The van der Waals surface area contributed by atoms with Gasteiger partial charge in [-0.15, -0.1) is 10.2 Å². The van der Waals surface area contributed by atoms with Crippen molar-refractivity contribution < 1.29 is 13.2 Å². The van der Waals surface area contributed by atoms with E-state index in [1.54, 1.807) is 4.90 Å². The average Bonchev–Trinajstić information content (AvgIpc) is 3.37. The number of aromatic nitrogens is 3. The number of nitrogens with zero attached hydrogens (tertiary/aromatic N) is 4. The van der Waals surface area contributed by atoms with Crippen LogP contribution in [0.1, 0.15) is 43.5 Å². The van der Waals surface area contributed by atoms with Crippen molar-refractivity contribution in [1.82, 2.24) is 19.7 Å². The van der Waals surface area contributed by atoms with Gasteiger partial charge in [0, 0.05) is 25.0 Å². The maximum absolute atomic E-state index is 13.1. The molecule has 0 radical (unpaired) electrons. The number of benzene rings is 1. The molecule has 9 heteroatoms. The predicted octanol–water partition coefficient (Wildman–Crippen LogP) is 2.48. The van der Waals surface area contributed by atoms with E-state index in [2.05, 4.69) is 21.7 Å². The van der Waals surface area contributed by atoms with Gasteiger partial charge in [-0.25, -0.2) is 8.42 Å². The van der Waals surface area contributed by atoms with Crippen molar-refractivity contribution in [2.24, 2.45) is 0 Å². The van der Waals surface area contributed by atoms with E-state index in [1.807, 2.05) is 30.3 Å². The fourth-order valence-electron chi connectivity index (χ4n) is 3.78. The second-order valence-corrected chi connectivity index (χ2v) is 10.9. The predicted molar refractivity (Wildman–Crippen MR) is 112 cm³/mol. The number of hydrogen-bond donors (Lipinski definition) is 0. The molecule has 1 aliphatic carbocycles. The fraction of sp³-hybridized carbons (Fsp3) is 0.550. The first-order valence-corrected chi connectivity index (χ1v) is 12.9. The van der Waals surface area contributed by atoms with Gasteiger partial charge in [0.15, 0.2) is 15.0 Å². The summed E-state index contributed by atoms with van der Waals surface area (Å²) in [7, 11) is -3.07. The Kier molecular flexibility index (Phi) is 5.96. The Morgan fingerprint density at radius 3 is 2.59 bits per heavy atom. The number of thioether (sulfide) groups is 1. The van der Waals surface area contributed by atoms with Crippen LogP contribution >= 0.6 is 11.8 Å². The summed E-state index contributed by atoms with van der Waals surface area (Å²) in [4.78, 5) is 14.9. The lowest BCUT2D eigenvalue weighted by molar-refractivity contribution is -0.130. The molecule has 0 spiro atoms. The molecule has 1 atom stereocenters. The Hall–Kier alpha value is -1.87. The number of rotatable bonds is 8. The summed E-state index contributed by atoms with van der Waals surface area (Å²) < 4.78 is 26.1. The molecule has 2 aliphatic rings. The van der Waals surface area contributed by atoms with E-state index in [-0.39, 0.29) is 29.2 Å². The summed E-state index contributed by atoms with van der Waals surface area (Å²) in [5.41, 5.74) is 1.00. The largest absolute Gasteiger partial charge is 0.334 e. The van der Waals surface area contributed by atoms with Gasteiger partial charge >= 0.3 is 0 Å². The van der Waals surface area contributed by atoms with Gasteiger partial charge in [-0.1, -0.05) is 42.1 Å². The first-order chi connectivity index (χ1) is 14.0. The van der Waals surface area contributed by atoms with Crippen LogP contribution in [-0.4, -0.2) is 57.3 Å². The highest BCUT2D eigenvalue weighted by Gasteiger charge is 2.35. The smallest absolute Gasteiger partial charge is 0.233 e. The minimum atomic E-state index is -3.07. The molecule has 0 N–H and O–H groups in total. The van der Waals surface area contributed by atoms with E-state index >= 15 is 0 Å². The van der Waals surface area contributed by atoms with Gasteiger partial charge in [-0.2, -0.15) is 0 Å². The second-order valence-electron chi connectivity index (χ2n) is 7.71. The van der Waals surface area contributed by atoms with E-state index in [9.17, 15) is 13.2 Å². The van der Waals surface area contributed by atoms with Crippen molar-refractivity contribution in [3.05, 3.63) is 41.7 Å². The average molecular weight is 435 g/mol. The van der Waals surface area contributed by atoms with Gasteiger partial charge in [0.25, 0.3) is 0 Å².